The molecule has 0 amide bonds. The molecule has 0 unspecified atom stereocenters. The van der Waals surface area contributed by atoms with Crippen LogP contribution in [0.1, 0.15) is 154 Å². The molecule has 7 heteroatoms. The van der Waals surface area contributed by atoms with Crippen molar-refractivity contribution in [3.63, 3.8) is 0 Å². The predicted octanol–water partition coefficient (Wildman–Crippen LogP) is 8.61. The number of rotatable bonds is 32. The van der Waals surface area contributed by atoms with Gasteiger partial charge in [0.1, 0.15) is 0 Å². The zero-order chi connectivity index (χ0) is 29.7. The second kappa shape index (κ2) is 27.3. The monoisotopic (exact) mass is 568 g/mol. The van der Waals surface area contributed by atoms with Gasteiger partial charge in [-0.05, 0) is 25.7 Å². The van der Waals surface area contributed by atoms with Gasteiger partial charge in [-0.15, -0.1) is 6.58 Å². The Bertz CT molecular complexity index is 601. The molecule has 0 aromatic heterocycles. The highest BCUT2D eigenvalue weighted by Gasteiger charge is 2.27. The second-order valence-corrected chi connectivity index (χ2v) is 11.8. The van der Waals surface area contributed by atoms with Crippen molar-refractivity contribution in [1.82, 2.24) is 0 Å². The maximum Gasteiger partial charge on any atom is 0.303 e. The van der Waals surface area contributed by atoms with Gasteiger partial charge in [-0.3, -0.25) is 14.4 Å². The van der Waals surface area contributed by atoms with Crippen LogP contribution in [0, 0.1) is 0 Å². The zero-order valence-electron chi connectivity index (χ0n) is 25.6. The predicted molar refractivity (Wildman–Crippen MR) is 164 cm³/mol. The van der Waals surface area contributed by atoms with Gasteiger partial charge in [-0.2, -0.15) is 0 Å². The van der Waals surface area contributed by atoms with E-state index in [2.05, 4.69) is 6.58 Å². The van der Waals surface area contributed by atoms with Gasteiger partial charge in [0.25, 0.3) is 0 Å². The highest BCUT2D eigenvalue weighted by Crippen LogP contribution is 2.19. The van der Waals surface area contributed by atoms with Crippen LogP contribution in [0.2, 0.25) is 0 Å². The van der Waals surface area contributed by atoms with Crippen LogP contribution in [-0.4, -0.2) is 63.9 Å². The normalized spacial score (nSPS) is 11.5. The minimum Gasteiger partial charge on any atom is -0.481 e. The molecule has 0 saturated heterocycles. The van der Waals surface area contributed by atoms with Crippen molar-refractivity contribution < 1.29 is 34.2 Å². The van der Waals surface area contributed by atoms with Crippen LogP contribution in [0.3, 0.4) is 0 Å². The molecule has 0 aliphatic heterocycles. The molecule has 234 valence electrons. The summed E-state index contributed by atoms with van der Waals surface area (Å²) in [7, 11) is 0. The molecule has 0 atom stereocenters. The van der Waals surface area contributed by atoms with Gasteiger partial charge < -0.3 is 19.8 Å². The summed E-state index contributed by atoms with van der Waals surface area (Å²) >= 11 is 0. The van der Waals surface area contributed by atoms with Crippen molar-refractivity contribution in [2.24, 2.45) is 0 Å². The molecular formula is C33H62NO6+. The van der Waals surface area contributed by atoms with Gasteiger partial charge >= 0.3 is 17.9 Å². The van der Waals surface area contributed by atoms with Crippen LogP contribution in [0.4, 0.5) is 0 Å². The van der Waals surface area contributed by atoms with Crippen molar-refractivity contribution in [3.05, 3.63) is 12.7 Å². The second-order valence-electron chi connectivity index (χ2n) is 11.8. The Morgan fingerprint density at radius 2 is 0.675 bits per heavy atom. The van der Waals surface area contributed by atoms with Crippen LogP contribution >= 0.6 is 0 Å². The molecule has 0 aliphatic rings. The number of hydrogen-bond acceptors (Lipinski definition) is 3. The highest BCUT2D eigenvalue weighted by atomic mass is 16.4. The molecular weight excluding hydrogens is 506 g/mol. The van der Waals surface area contributed by atoms with Gasteiger partial charge in [-0.1, -0.05) is 96.0 Å². The smallest absolute Gasteiger partial charge is 0.303 e. The van der Waals surface area contributed by atoms with E-state index in [0.717, 1.165) is 25.8 Å². The first kappa shape index (κ1) is 38.1. The molecule has 7 nitrogen and oxygen atoms in total. The number of carboxylic acid groups (broad SMARTS) is 3. The number of hydrogen-bond donors (Lipinski definition) is 3. The average molecular weight is 569 g/mol. The highest BCUT2D eigenvalue weighted by molar-refractivity contribution is 5.67. The number of carboxylic acids is 3. The Morgan fingerprint density at radius 3 is 0.950 bits per heavy atom. The van der Waals surface area contributed by atoms with Crippen molar-refractivity contribution in [3.8, 4) is 0 Å². The summed E-state index contributed by atoms with van der Waals surface area (Å²) in [6.45, 7) is 6.65. The molecule has 0 fully saturated rings. The van der Waals surface area contributed by atoms with Gasteiger partial charge in [0.05, 0.1) is 45.4 Å². The Kier molecular flexibility index (Phi) is 26.0. The SMILES string of the molecule is C=CCCCCCCCCCCCCCCCCCCC[N+](CCCC(=O)O)(CCCC(=O)O)CCCC(=O)O. The van der Waals surface area contributed by atoms with E-state index in [1.807, 2.05) is 6.08 Å². The van der Waals surface area contributed by atoms with E-state index in [0.29, 0.717) is 43.4 Å². The van der Waals surface area contributed by atoms with E-state index in [9.17, 15) is 14.4 Å². The van der Waals surface area contributed by atoms with E-state index in [1.165, 1.54) is 96.3 Å². The lowest BCUT2D eigenvalue weighted by atomic mass is 10.0. The van der Waals surface area contributed by atoms with E-state index >= 15 is 0 Å². The fourth-order valence-corrected chi connectivity index (χ4v) is 5.76. The Balaban J connectivity index is 4.08. The maximum atomic E-state index is 11.1. The Morgan fingerprint density at radius 1 is 0.425 bits per heavy atom. The zero-order valence-corrected chi connectivity index (χ0v) is 25.6. The van der Waals surface area contributed by atoms with Gasteiger partial charge in [-0.25, -0.2) is 0 Å². The molecule has 40 heavy (non-hydrogen) atoms. The first-order valence-corrected chi connectivity index (χ1v) is 16.4. The summed E-state index contributed by atoms with van der Waals surface area (Å²) in [5, 5.41) is 27.3. The molecule has 0 aromatic carbocycles. The molecule has 0 rings (SSSR count). The maximum absolute atomic E-state index is 11.1. The number of carbonyl (C=O) groups is 3. The van der Waals surface area contributed by atoms with E-state index in [-0.39, 0.29) is 19.3 Å². The molecule has 0 bridgehead atoms. The summed E-state index contributed by atoms with van der Waals surface area (Å²) < 4.78 is 0.642. The number of aliphatic carboxylic acids is 3. The molecule has 0 aliphatic carbocycles. The van der Waals surface area contributed by atoms with Gasteiger partial charge in [0, 0.05) is 19.3 Å². The lowest BCUT2D eigenvalue weighted by Gasteiger charge is -2.39. The summed E-state index contributed by atoms with van der Waals surface area (Å²) in [5.74, 6) is -2.47. The Hall–Kier alpha value is -1.89. The van der Waals surface area contributed by atoms with Crippen molar-refractivity contribution >= 4 is 17.9 Å². The van der Waals surface area contributed by atoms with Crippen LogP contribution in [0.15, 0.2) is 12.7 Å². The summed E-state index contributed by atoms with van der Waals surface area (Å²) in [6.07, 6.45) is 27.2. The van der Waals surface area contributed by atoms with Crippen molar-refractivity contribution in [1.29, 1.82) is 0 Å². The van der Waals surface area contributed by atoms with E-state index in [1.54, 1.807) is 0 Å². The quantitative estimate of drug-likeness (QED) is 0.0425. The lowest BCUT2D eigenvalue weighted by molar-refractivity contribution is -0.929. The van der Waals surface area contributed by atoms with Crippen LogP contribution in [0.5, 0.6) is 0 Å². The molecule has 0 radical (unpaired) electrons. The molecule has 0 spiro atoms. The largest absolute Gasteiger partial charge is 0.481 e. The number of allylic oxidation sites excluding steroid dienone is 1. The standard InChI is InChI=1S/C33H61NO6/c1-2-3-4-5-6-7-8-9-10-11-12-13-14-15-16-17-18-19-20-27-34(28-21-24-31(35)36,29-22-25-32(37)38)30-23-26-33(39)40/h2H,1,3-30H2,(H2-,35,36,37,38,39,40)/p+1. The average Bonchev–Trinajstić information content (AvgIpc) is 2.89. The van der Waals surface area contributed by atoms with Crippen LogP contribution in [-0.2, 0) is 14.4 Å². The third kappa shape index (κ3) is 26.3. The molecule has 3 N–H and O–H groups in total. The third-order valence-corrected chi connectivity index (χ3v) is 8.11. The van der Waals surface area contributed by atoms with Gasteiger partial charge in [0.2, 0.25) is 0 Å². The fraction of sp³-hybridized carbons (Fsp3) is 0.848. The topological polar surface area (TPSA) is 112 Å². The number of nitrogens with zero attached hydrogens (tertiary/aromatic N) is 1. The van der Waals surface area contributed by atoms with Crippen LogP contribution in [0.25, 0.3) is 0 Å². The number of unbranched alkanes of at least 4 members (excludes halogenated alkanes) is 17. The minimum absolute atomic E-state index is 0.0918. The van der Waals surface area contributed by atoms with Crippen LogP contribution < -0.4 is 0 Å². The Labute approximate surface area is 245 Å². The summed E-state index contributed by atoms with van der Waals surface area (Å²) in [6, 6.07) is 0. The third-order valence-electron chi connectivity index (χ3n) is 8.11. The number of quaternary nitrogens is 1. The summed E-state index contributed by atoms with van der Waals surface area (Å²) in [5.41, 5.74) is 0. The van der Waals surface area contributed by atoms with Gasteiger partial charge in [0.15, 0.2) is 0 Å². The first-order chi connectivity index (χ1) is 19.3. The van der Waals surface area contributed by atoms with E-state index in [4.69, 9.17) is 15.3 Å². The summed E-state index contributed by atoms with van der Waals surface area (Å²) in [4.78, 5) is 33.2. The minimum atomic E-state index is -0.824. The molecule has 0 aromatic rings. The molecule has 0 saturated carbocycles. The lowest BCUT2D eigenvalue weighted by Crippen LogP contribution is -2.51. The van der Waals surface area contributed by atoms with Crippen molar-refractivity contribution in [2.75, 3.05) is 26.2 Å². The first-order valence-electron chi connectivity index (χ1n) is 16.4. The fourth-order valence-electron chi connectivity index (χ4n) is 5.76. The van der Waals surface area contributed by atoms with Crippen molar-refractivity contribution in [2.45, 2.75) is 154 Å². The van der Waals surface area contributed by atoms with E-state index < -0.39 is 17.9 Å². The molecule has 0 heterocycles.